The zero-order chi connectivity index (χ0) is 13.7. The van der Waals surface area contributed by atoms with Crippen LogP contribution in [0.25, 0.3) is 0 Å². The van der Waals surface area contributed by atoms with Crippen LogP contribution in [0.5, 0.6) is 0 Å². The molecule has 0 aliphatic rings. The van der Waals surface area contributed by atoms with Crippen LogP contribution < -0.4 is 0 Å². The molecule has 1 heterocycles. The van der Waals surface area contributed by atoms with Crippen molar-refractivity contribution in [2.24, 2.45) is 0 Å². The lowest BCUT2D eigenvalue weighted by molar-refractivity contribution is 0.0696. The predicted octanol–water partition coefficient (Wildman–Crippen LogP) is 3.15. The molecule has 0 saturated carbocycles. The van der Waals surface area contributed by atoms with Crippen LogP contribution in [0.3, 0.4) is 0 Å². The Bertz CT molecular complexity index is 569. The van der Waals surface area contributed by atoms with Crippen molar-refractivity contribution < 1.29 is 14.6 Å². The van der Waals surface area contributed by atoms with Crippen LogP contribution >= 0.6 is 11.6 Å². The lowest BCUT2D eigenvalue weighted by Gasteiger charge is -2.05. The number of carbonyl (C=O) groups is 1. The summed E-state index contributed by atoms with van der Waals surface area (Å²) < 4.78 is 5.49. The van der Waals surface area contributed by atoms with Crippen molar-refractivity contribution in [2.75, 3.05) is 0 Å². The standard InChI is InChI=1S/C14H12ClNO3/c15-13-4-2-1-3-11(13)8-19-9-12-6-5-10(7-16-12)14(17)18/h1-7H,8-9H2,(H,17,18). The third-order valence-electron chi connectivity index (χ3n) is 2.54. The maximum atomic E-state index is 10.7. The van der Waals surface area contributed by atoms with Gasteiger partial charge < -0.3 is 9.84 Å². The number of hydrogen-bond acceptors (Lipinski definition) is 3. The van der Waals surface area contributed by atoms with Crippen LogP contribution in [0.2, 0.25) is 5.02 Å². The van der Waals surface area contributed by atoms with Gasteiger partial charge >= 0.3 is 5.97 Å². The van der Waals surface area contributed by atoms with Gasteiger partial charge in [0, 0.05) is 11.2 Å². The van der Waals surface area contributed by atoms with E-state index in [1.165, 1.54) is 12.3 Å². The smallest absolute Gasteiger partial charge is 0.337 e. The summed E-state index contributed by atoms with van der Waals surface area (Å²) in [5, 5.41) is 9.41. The second-order valence-electron chi connectivity index (χ2n) is 3.93. The molecule has 0 radical (unpaired) electrons. The zero-order valence-electron chi connectivity index (χ0n) is 10.0. The molecule has 0 spiro atoms. The number of carboxylic acid groups (broad SMARTS) is 1. The number of aromatic carboxylic acids is 1. The van der Waals surface area contributed by atoms with Gasteiger partial charge in [-0.1, -0.05) is 29.8 Å². The highest BCUT2D eigenvalue weighted by Gasteiger charge is 2.04. The SMILES string of the molecule is O=C(O)c1ccc(COCc2ccccc2Cl)nc1. The quantitative estimate of drug-likeness (QED) is 0.912. The summed E-state index contributed by atoms with van der Waals surface area (Å²) in [5.41, 5.74) is 1.75. The van der Waals surface area contributed by atoms with Crippen molar-refractivity contribution in [1.82, 2.24) is 4.98 Å². The van der Waals surface area contributed by atoms with E-state index in [2.05, 4.69) is 4.98 Å². The molecule has 1 aromatic heterocycles. The Labute approximate surface area is 115 Å². The molecular weight excluding hydrogens is 266 g/mol. The van der Waals surface area contributed by atoms with Crippen molar-refractivity contribution in [1.29, 1.82) is 0 Å². The molecule has 98 valence electrons. The molecule has 0 atom stereocenters. The summed E-state index contributed by atoms with van der Waals surface area (Å²) in [6, 6.07) is 10.6. The van der Waals surface area contributed by atoms with Crippen LogP contribution in [-0.2, 0) is 18.0 Å². The molecule has 19 heavy (non-hydrogen) atoms. The van der Waals surface area contributed by atoms with Crippen LogP contribution in [-0.4, -0.2) is 16.1 Å². The Morgan fingerprint density at radius 1 is 1.21 bits per heavy atom. The molecule has 4 nitrogen and oxygen atoms in total. The molecule has 0 aliphatic heterocycles. The molecule has 0 unspecified atom stereocenters. The summed E-state index contributed by atoms with van der Waals surface area (Å²) in [6.07, 6.45) is 1.32. The van der Waals surface area contributed by atoms with Gasteiger partial charge in [0.1, 0.15) is 0 Å². The third kappa shape index (κ3) is 3.77. The Balaban J connectivity index is 1.89. The van der Waals surface area contributed by atoms with Gasteiger partial charge in [0.15, 0.2) is 0 Å². The Morgan fingerprint density at radius 2 is 2.00 bits per heavy atom. The first-order valence-corrected chi connectivity index (χ1v) is 6.04. The van der Waals surface area contributed by atoms with Crippen LogP contribution in [0.15, 0.2) is 42.6 Å². The van der Waals surface area contributed by atoms with E-state index < -0.39 is 5.97 Å². The van der Waals surface area contributed by atoms with E-state index in [0.29, 0.717) is 23.9 Å². The van der Waals surface area contributed by atoms with Gasteiger partial charge in [0.05, 0.1) is 24.5 Å². The van der Waals surface area contributed by atoms with Gasteiger partial charge in [-0.15, -0.1) is 0 Å². The Hall–Kier alpha value is -1.91. The van der Waals surface area contributed by atoms with Crippen LogP contribution in [0.4, 0.5) is 0 Å². The van der Waals surface area contributed by atoms with E-state index in [4.69, 9.17) is 21.4 Å². The first kappa shape index (κ1) is 13.5. The molecular formula is C14H12ClNO3. The highest BCUT2D eigenvalue weighted by atomic mass is 35.5. The average Bonchev–Trinajstić information content (AvgIpc) is 2.41. The first-order chi connectivity index (χ1) is 9.16. The van der Waals surface area contributed by atoms with Crippen molar-refractivity contribution in [3.63, 3.8) is 0 Å². The number of ether oxygens (including phenoxy) is 1. The van der Waals surface area contributed by atoms with Crippen molar-refractivity contribution in [3.05, 3.63) is 64.4 Å². The molecule has 5 heteroatoms. The highest BCUT2D eigenvalue weighted by Crippen LogP contribution is 2.16. The van der Waals surface area contributed by atoms with Crippen molar-refractivity contribution >= 4 is 17.6 Å². The third-order valence-corrected chi connectivity index (χ3v) is 2.91. The fourth-order valence-electron chi connectivity index (χ4n) is 1.52. The fraction of sp³-hybridized carbons (Fsp3) is 0.143. The molecule has 1 aromatic carbocycles. The Kier molecular flexibility index (Phi) is 4.49. The van der Waals surface area contributed by atoms with Gasteiger partial charge in [0.25, 0.3) is 0 Å². The minimum atomic E-state index is -0.990. The summed E-state index contributed by atoms with van der Waals surface area (Å²) in [7, 11) is 0. The first-order valence-electron chi connectivity index (χ1n) is 5.66. The second-order valence-corrected chi connectivity index (χ2v) is 4.33. The number of benzene rings is 1. The largest absolute Gasteiger partial charge is 0.478 e. The van der Waals surface area contributed by atoms with Gasteiger partial charge in [-0.05, 0) is 23.8 Å². The van der Waals surface area contributed by atoms with Gasteiger partial charge in [-0.25, -0.2) is 4.79 Å². The lowest BCUT2D eigenvalue weighted by atomic mass is 10.2. The summed E-state index contributed by atoms with van der Waals surface area (Å²) in [6.45, 7) is 0.702. The molecule has 0 aliphatic carbocycles. The number of halogens is 1. The predicted molar refractivity (Wildman–Crippen MR) is 71.1 cm³/mol. The average molecular weight is 278 g/mol. The van der Waals surface area contributed by atoms with E-state index in [-0.39, 0.29) is 5.56 Å². The second kappa shape index (κ2) is 6.31. The molecule has 0 saturated heterocycles. The van der Waals surface area contributed by atoms with Gasteiger partial charge in [-0.2, -0.15) is 0 Å². The fourth-order valence-corrected chi connectivity index (χ4v) is 1.71. The lowest BCUT2D eigenvalue weighted by Crippen LogP contribution is -2.00. The number of rotatable bonds is 5. The number of aromatic nitrogens is 1. The zero-order valence-corrected chi connectivity index (χ0v) is 10.8. The summed E-state index contributed by atoms with van der Waals surface area (Å²) in [4.78, 5) is 14.7. The minimum absolute atomic E-state index is 0.162. The van der Waals surface area contributed by atoms with E-state index in [1.54, 1.807) is 12.1 Å². The topological polar surface area (TPSA) is 59.4 Å². The Morgan fingerprint density at radius 3 is 2.63 bits per heavy atom. The number of nitrogens with zero attached hydrogens (tertiary/aromatic N) is 1. The van der Waals surface area contributed by atoms with Crippen molar-refractivity contribution in [3.8, 4) is 0 Å². The molecule has 2 rings (SSSR count). The van der Waals surface area contributed by atoms with E-state index in [0.717, 1.165) is 5.56 Å². The summed E-state index contributed by atoms with van der Waals surface area (Å²) in [5.74, 6) is -0.990. The van der Waals surface area contributed by atoms with Crippen LogP contribution in [0, 0.1) is 0 Å². The normalized spacial score (nSPS) is 10.4. The van der Waals surface area contributed by atoms with E-state index in [9.17, 15) is 4.79 Å². The molecule has 0 fully saturated rings. The maximum Gasteiger partial charge on any atom is 0.337 e. The van der Waals surface area contributed by atoms with Gasteiger partial charge in [-0.3, -0.25) is 4.98 Å². The minimum Gasteiger partial charge on any atom is -0.478 e. The molecule has 0 bridgehead atoms. The maximum absolute atomic E-state index is 10.7. The highest BCUT2D eigenvalue weighted by molar-refractivity contribution is 6.31. The van der Waals surface area contributed by atoms with Crippen LogP contribution in [0.1, 0.15) is 21.6 Å². The van der Waals surface area contributed by atoms with Crippen molar-refractivity contribution in [2.45, 2.75) is 13.2 Å². The molecule has 1 N–H and O–H groups in total. The number of hydrogen-bond donors (Lipinski definition) is 1. The summed E-state index contributed by atoms with van der Waals surface area (Å²) >= 11 is 6.00. The van der Waals surface area contributed by atoms with E-state index >= 15 is 0 Å². The molecule has 2 aromatic rings. The molecule has 0 amide bonds. The monoisotopic (exact) mass is 277 g/mol. The number of carboxylic acids is 1. The number of pyridine rings is 1. The van der Waals surface area contributed by atoms with Gasteiger partial charge in [0.2, 0.25) is 0 Å². The van der Waals surface area contributed by atoms with E-state index in [1.807, 2.05) is 18.2 Å².